The van der Waals surface area contributed by atoms with Crippen LogP contribution in [0.25, 0.3) is 83.6 Å². The van der Waals surface area contributed by atoms with Crippen LogP contribution in [0.1, 0.15) is 0 Å². The summed E-state index contributed by atoms with van der Waals surface area (Å²) in [6, 6.07) is 61.1. The number of aromatic nitrogens is 3. The Labute approximate surface area is 302 Å². The van der Waals surface area contributed by atoms with Crippen molar-refractivity contribution in [3.8, 4) is 67.2 Å². The minimum atomic E-state index is -2.68. The summed E-state index contributed by atoms with van der Waals surface area (Å²) in [5, 5.41) is 9.26. The summed E-state index contributed by atoms with van der Waals surface area (Å²) < 4.78 is 16.0. The number of benzene rings is 7. The van der Waals surface area contributed by atoms with E-state index in [9.17, 15) is 4.57 Å². The third kappa shape index (κ3) is 4.80. The van der Waals surface area contributed by atoms with Crippen LogP contribution in [0.2, 0.25) is 0 Å². The van der Waals surface area contributed by atoms with Gasteiger partial charge in [0.15, 0.2) is 11.5 Å². The van der Waals surface area contributed by atoms with E-state index in [4.69, 9.17) is 10.1 Å². The second-order valence-electron chi connectivity index (χ2n) is 13.5. The van der Waals surface area contributed by atoms with E-state index >= 15 is 0 Å². The lowest BCUT2D eigenvalue weighted by Crippen LogP contribution is -2.08. The zero-order valence-corrected chi connectivity index (χ0v) is 29.3. The molecule has 4 nitrogen and oxygen atoms in total. The van der Waals surface area contributed by atoms with E-state index in [1.54, 1.807) is 0 Å². The molecule has 1 aliphatic heterocycles. The summed E-state index contributed by atoms with van der Waals surface area (Å²) >= 11 is 0. The molecule has 7 aromatic carbocycles. The molecule has 0 saturated heterocycles. The molecule has 5 heteroatoms. The minimum Gasteiger partial charge on any atom is -0.314 e. The van der Waals surface area contributed by atoms with Gasteiger partial charge in [-0.25, -0.2) is 9.50 Å². The van der Waals surface area contributed by atoms with Gasteiger partial charge in [0, 0.05) is 27.3 Å². The van der Waals surface area contributed by atoms with Gasteiger partial charge in [-0.3, -0.25) is 0 Å². The average molecular weight is 686 g/mol. The van der Waals surface area contributed by atoms with Gasteiger partial charge in [0.05, 0.1) is 5.69 Å². The van der Waals surface area contributed by atoms with Crippen molar-refractivity contribution in [1.29, 1.82) is 0 Å². The highest BCUT2D eigenvalue weighted by Gasteiger charge is 2.36. The Balaban J connectivity index is 1.06. The van der Waals surface area contributed by atoms with Crippen molar-refractivity contribution in [3.05, 3.63) is 176 Å². The smallest absolute Gasteiger partial charge is 0.182 e. The maximum absolute atomic E-state index is 14.1. The van der Waals surface area contributed by atoms with Crippen molar-refractivity contribution in [2.45, 2.75) is 0 Å². The van der Waals surface area contributed by atoms with Crippen LogP contribution in [-0.2, 0) is 4.57 Å². The van der Waals surface area contributed by atoms with Crippen LogP contribution in [0.4, 0.5) is 0 Å². The van der Waals surface area contributed by atoms with Gasteiger partial charge in [0.2, 0.25) is 0 Å². The molecule has 0 N–H and O–H groups in total. The fraction of sp³-hybridized carbons (Fsp3) is 0.0213. The van der Waals surface area contributed by atoms with Gasteiger partial charge in [-0.2, -0.15) is 0 Å². The van der Waals surface area contributed by atoms with E-state index in [2.05, 4.69) is 140 Å². The predicted octanol–water partition coefficient (Wildman–Crippen LogP) is 11.1. The molecule has 9 aromatic rings. The van der Waals surface area contributed by atoms with E-state index in [1.165, 1.54) is 5.39 Å². The Bertz CT molecular complexity index is 2880. The molecule has 3 heterocycles. The Morgan fingerprint density at radius 2 is 1.06 bits per heavy atom. The first-order chi connectivity index (χ1) is 25.5. The lowest BCUT2D eigenvalue weighted by atomic mass is 9.88. The second kappa shape index (κ2) is 11.9. The summed E-state index contributed by atoms with van der Waals surface area (Å²) in [5.74, 6) is 0.681. The molecule has 10 rings (SSSR count). The van der Waals surface area contributed by atoms with Gasteiger partial charge in [0.25, 0.3) is 0 Å². The lowest BCUT2D eigenvalue weighted by molar-refractivity contribution is 0.591. The SMILES string of the molecule is CP1(=O)c2ccccc2-c2c(-c3ccc(-c4ccc(-c5nc6cc(-c7ccccc7)cc(-c7ccccc7)n6n5)cc4)c4ccccc34)cccc21. The zero-order valence-electron chi connectivity index (χ0n) is 28.4. The monoisotopic (exact) mass is 685 g/mol. The number of nitrogens with zero attached hydrogens (tertiary/aromatic N) is 3. The molecule has 0 bridgehead atoms. The molecule has 0 fully saturated rings. The maximum Gasteiger partial charge on any atom is 0.182 e. The van der Waals surface area contributed by atoms with Crippen molar-refractivity contribution >= 4 is 34.2 Å². The average Bonchev–Trinajstić information content (AvgIpc) is 3.74. The van der Waals surface area contributed by atoms with Crippen LogP contribution in [-0.4, -0.2) is 21.3 Å². The van der Waals surface area contributed by atoms with Crippen LogP contribution in [0.15, 0.2) is 176 Å². The molecular formula is C47H32N3OP. The van der Waals surface area contributed by atoms with E-state index in [-0.39, 0.29) is 0 Å². The van der Waals surface area contributed by atoms with E-state index in [0.717, 1.165) is 83.0 Å². The summed E-state index contributed by atoms with van der Waals surface area (Å²) in [4.78, 5) is 5.04. The van der Waals surface area contributed by atoms with Gasteiger partial charge >= 0.3 is 0 Å². The second-order valence-corrected chi connectivity index (χ2v) is 16.3. The van der Waals surface area contributed by atoms with Crippen LogP contribution in [0, 0.1) is 0 Å². The fourth-order valence-electron chi connectivity index (χ4n) is 7.89. The van der Waals surface area contributed by atoms with Crippen LogP contribution >= 0.6 is 7.14 Å². The fourth-order valence-corrected chi connectivity index (χ4v) is 10.2. The normalized spacial score (nSPS) is 14.8. The Morgan fingerprint density at radius 3 is 1.83 bits per heavy atom. The molecule has 1 atom stereocenters. The number of hydrogen-bond donors (Lipinski definition) is 0. The number of rotatable bonds is 5. The van der Waals surface area contributed by atoms with Crippen molar-refractivity contribution < 1.29 is 4.57 Å². The van der Waals surface area contributed by atoms with Crippen molar-refractivity contribution in [2.24, 2.45) is 0 Å². The molecule has 246 valence electrons. The highest BCUT2D eigenvalue weighted by atomic mass is 31.2. The molecule has 0 saturated carbocycles. The van der Waals surface area contributed by atoms with E-state index in [0.29, 0.717) is 5.82 Å². The first-order valence-electron chi connectivity index (χ1n) is 17.5. The molecule has 0 amide bonds. The quantitative estimate of drug-likeness (QED) is 0.169. The minimum absolute atomic E-state index is 0.681. The van der Waals surface area contributed by atoms with Crippen LogP contribution in [0.3, 0.4) is 0 Å². The molecular weight excluding hydrogens is 654 g/mol. The first kappa shape index (κ1) is 30.5. The molecule has 0 aliphatic carbocycles. The standard InChI is InChI=1S/C47H32N3OP/c1-52(51)43-21-11-10-19-41(43)46-40(20-12-22-44(46)52)39-28-27-36(37-17-8-9-18-38(37)39)32-23-25-34(26-24-32)47-48-45-30-35(31-13-4-2-5-14-31)29-42(50(45)49-47)33-15-6-3-7-16-33/h2-30H,1H3. The predicted molar refractivity (Wildman–Crippen MR) is 216 cm³/mol. The van der Waals surface area contributed by atoms with Gasteiger partial charge in [-0.1, -0.05) is 164 Å². The summed E-state index contributed by atoms with van der Waals surface area (Å²) in [5.41, 5.74) is 12.8. The highest BCUT2D eigenvalue weighted by molar-refractivity contribution is 7.79. The van der Waals surface area contributed by atoms with Gasteiger partial charge in [0.1, 0.15) is 7.14 Å². The molecule has 52 heavy (non-hydrogen) atoms. The highest BCUT2D eigenvalue weighted by Crippen LogP contribution is 2.53. The third-order valence-electron chi connectivity index (χ3n) is 10.4. The number of fused-ring (bicyclic) bond motifs is 5. The van der Waals surface area contributed by atoms with Crippen molar-refractivity contribution in [1.82, 2.24) is 14.6 Å². The Hall–Kier alpha value is -6.35. The van der Waals surface area contributed by atoms with E-state index < -0.39 is 7.14 Å². The molecule has 1 aliphatic rings. The van der Waals surface area contributed by atoms with Crippen LogP contribution in [0.5, 0.6) is 0 Å². The maximum atomic E-state index is 14.1. The number of hydrogen-bond acceptors (Lipinski definition) is 3. The largest absolute Gasteiger partial charge is 0.314 e. The molecule has 0 spiro atoms. The summed E-state index contributed by atoms with van der Waals surface area (Å²) in [7, 11) is -2.68. The van der Waals surface area contributed by atoms with Gasteiger partial charge in [-0.15, -0.1) is 5.10 Å². The summed E-state index contributed by atoms with van der Waals surface area (Å²) in [6.07, 6.45) is 0. The van der Waals surface area contributed by atoms with Gasteiger partial charge in [-0.05, 0) is 68.5 Å². The topological polar surface area (TPSA) is 47.3 Å². The van der Waals surface area contributed by atoms with Crippen molar-refractivity contribution in [2.75, 3.05) is 6.66 Å². The third-order valence-corrected chi connectivity index (χ3v) is 13.0. The molecule has 0 radical (unpaired) electrons. The van der Waals surface area contributed by atoms with Crippen molar-refractivity contribution in [3.63, 3.8) is 0 Å². The van der Waals surface area contributed by atoms with Gasteiger partial charge < -0.3 is 4.57 Å². The lowest BCUT2D eigenvalue weighted by Gasteiger charge is -2.15. The summed E-state index contributed by atoms with van der Waals surface area (Å²) in [6.45, 7) is 1.90. The molecule has 2 aromatic heterocycles. The zero-order chi connectivity index (χ0) is 34.8. The molecule has 1 unspecified atom stereocenters. The first-order valence-corrected chi connectivity index (χ1v) is 19.7. The Morgan fingerprint density at radius 1 is 0.462 bits per heavy atom. The van der Waals surface area contributed by atoms with E-state index in [1.807, 2.05) is 47.6 Å². The Kier molecular flexibility index (Phi) is 6.96. The van der Waals surface area contributed by atoms with Crippen LogP contribution < -0.4 is 10.6 Å². The number of pyridine rings is 1.